The largest absolute Gasteiger partial charge is 0.497 e. The van der Waals surface area contributed by atoms with Crippen molar-refractivity contribution in [1.29, 1.82) is 0 Å². The molecule has 0 unspecified atom stereocenters. The van der Waals surface area contributed by atoms with Gasteiger partial charge in [-0.25, -0.2) is 4.39 Å². The number of amides is 1. The van der Waals surface area contributed by atoms with Gasteiger partial charge in [-0.1, -0.05) is 12.1 Å². The summed E-state index contributed by atoms with van der Waals surface area (Å²) in [5.74, 6) is 0.420. The summed E-state index contributed by atoms with van der Waals surface area (Å²) >= 11 is 0. The van der Waals surface area contributed by atoms with E-state index in [1.54, 1.807) is 37.3 Å². The molecule has 0 radical (unpaired) electrons. The molecule has 0 aliphatic rings. The average Bonchev–Trinajstić information content (AvgIpc) is 2.55. The highest BCUT2D eigenvalue weighted by molar-refractivity contribution is 5.97. The van der Waals surface area contributed by atoms with E-state index in [2.05, 4.69) is 5.32 Å². The first-order valence-corrected chi connectivity index (χ1v) is 6.80. The number of ether oxygens (including phenoxy) is 2. The molecule has 0 aromatic heterocycles. The van der Waals surface area contributed by atoms with Gasteiger partial charge in [0.05, 0.1) is 19.8 Å². The van der Waals surface area contributed by atoms with E-state index in [1.165, 1.54) is 20.3 Å². The molecule has 2 aromatic carbocycles. The summed E-state index contributed by atoms with van der Waals surface area (Å²) in [6.45, 7) is 1.93. The number of halogens is 1. The van der Waals surface area contributed by atoms with Gasteiger partial charge in [-0.15, -0.1) is 0 Å². The Labute approximate surface area is 128 Å². The first-order valence-electron chi connectivity index (χ1n) is 6.80. The van der Waals surface area contributed by atoms with Crippen LogP contribution in [-0.4, -0.2) is 20.1 Å². The van der Waals surface area contributed by atoms with E-state index in [0.717, 1.165) is 0 Å². The summed E-state index contributed by atoms with van der Waals surface area (Å²) in [7, 11) is 3.02. The fourth-order valence-corrected chi connectivity index (χ4v) is 2.02. The molecule has 2 rings (SSSR count). The van der Waals surface area contributed by atoms with Crippen LogP contribution in [0.3, 0.4) is 0 Å². The average molecular weight is 303 g/mol. The Kier molecular flexibility index (Phi) is 4.99. The zero-order chi connectivity index (χ0) is 16.1. The van der Waals surface area contributed by atoms with E-state index in [1.807, 2.05) is 0 Å². The van der Waals surface area contributed by atoms with Crippen LogP contribution >= 0.6 is 0 Å². The van der Waals surface area contributed by atoms with Crippen molar-refractivity contribution in [3.8, 4) is 11.5 Å². The molecule has 1 amide bonds. The van der Waals surface area contributed by atoms with Gasteiger partial charge in [-0.3, -0.25) is 4.79 Å². The Balaban J connectivity index is 2.13. The molecule has 4 nitrogen and oxygen atoms in total. The van der Waals surface area contributed by atoms with Crippen LogP contribution in [0.25, 0.3) is 0 Å². The maximum atomic E-state index is 13.5. The molecule has 22 heavy (non-hydrogen) atoms. The van der Waals surface area contributed by atoms with Crippen LogP contribution in [0.2, 0.25) is 0 Å². The van der Waals surface area contributed by atoms with Gasteiger partial charge in [-0.2, -0.15) is 0 Å². The number of benzene rings is 2. The first-order chi connectivity index (χ1) is 10.5. The highest BCUT2D eigenvalue weighted by atomic mass is 19.1. The van der Waals surface area contributed by atoms with Crippen LogP contribution in [-0.2, 0) is 6.54 Å². The Hall–Kier alpha value is -2.56. The lowest BCUT2D eigenvalue weighted by atomic mass is 10.1. The van der Waals surface area contributed by atoms with E-state index in [4.69, 9.17) is 9.47 Å². The van der Waals surface area contributed by atoms with Gasteiger partial charge in [0.1, 0.15) is 17.3 Å². The summed E-state index contributed by atoms with van der Waals surface area (Å²) in [5, 5.41) is 2.75. The lowest BCUT2D eigenvalue weighted by molar-refractivity contribution is 0.0947. The minimum atomic E-state index is -0.309. The zero-order valence-electron chi connectivity index (χ0n) is 12.8. The van der Waals surface area contributed by atoms with Crippen LogP contribution in [0.1, 0.15) is 21.5 Å². The number of hydrogen-bond donors (Lipinski definition) is 1. The minimum absolute atomic E-state index is 0.233. The van der Waals surface area contributed by atoms with Crippen molar-refractivity contribution in [1.82, 2.24) is 5.32 Å². The monoisotopic (exact) mass is 303 g/mol. The molecule has 0 saturated carbocycles. The van der Waals surface area contributed by atoms with Crippen LogP contribution in [0.15, 0.2) is 36.4 Å². The van der Waals surface area contributed by atoms with Crippen molar-refractivity contribution < 1.29 is 18.7 Å². The number of hydrogen-bond acceptors (Lipinski definition) is 3. The highest BCUT2D eigenvalue weighted by Crippen LogP contribution is 2.23. The van der Waals surface area contributed by atoms with Crippen molar-refractivity contribution in [2.75, 3.05) is 14.2 Å². The molecule has 0 bridgehead atoms. The second-order valence-electron chi connectivity index (χ2n) is 4.83. The van der Waals surface area contributed by atoms with E-state index >= 15 is 0 Å². The van der Waals surface area contributed by atoms with Gasteiger partial charge >= 0.3 is 0 Å². The molecule has 5 heteroatoms. The smallest absolute Gasteiger partial charge is 0.255 e. The molecular formula is C17H18FNO3. The lowest BCUT2D eigenvalue weighted by Gasteiger charge is -2.11. The highest BCUT2D eigenvalue weighted by Gasteiger charge is 2.13. The lowest BCUT2D eigenvalue weighted by Crippen LogP contribution is -2.23. The number of aryl methyl sites for hydroxylation is 1. The third kappa shape index (κ3) is 3.55. The maximum absolute atomic E-state index is 13.5. The van der Waals surface area contributed by atoms with Crippen molar-refractivity contribution in [2.45, 2.75) is 13.5 Å². The minimum Gasteiger partial charge on any atom is -0.497 e. The molecule has 1 N–H and O–H groups in total. The fourth-order valence-electron chi connectivity index (χ4n) is 2.02. The van der Waals surface area contributed by atoms with E-state index in [-0.39, 0.29) is 18.3 Å². The zero-order valence-corrected chi connectivity index (χ0v) is 12.8. The summed E-state index contributed by atoms with van der Waals surface area (Å²) < 4.78 is 23.8. The third-order valence-corrected chi connectivity index (χ3v) is 3.34. The summed E-state index contributed by atoms with van der Waals surface area (Å²) in [5.41, 5.74) is 1.64. The van der Waals surface area contributed by atoms with Crippen LogP contribution in [0, 0.1) is 12.7 Å². The Morgan fingerprint density at radius 3 is 2.55 bits per heavy atom. The summed E-state index contributed by atoms with van der Waals surface area (Å²) in [4.78, 5) is 12.3. The molecule has 0 fully saturated rings. The summed E-state index contributed by atoms with van der Waals surface area (Å²) in [6, 6.07) is 9.86. The van der Waals surface area contributed by atoms with Gasteiger partial charge < -0.3 is 14.8 Å². The maximum Gasteiger partial charge on any atom is 0.255 e. The second kappa shape index (κ2) is 6.93. The van der Waals surface area contributed by atoms with Crippen molar-refractivity contribution in [3.63, 3.8) is 0 Å². The first kappa shape index (κ1) is 15.8. The second-order valence-corrected chi connectivity index (χ2v) is 4.83. The Morgan fingerprint density at radius 2 is 1.91 bits per heavy atom. The molecule has 0 atom stereocenters. The molecular weight excluding hydrogens is 285 g/mol. The van der Waals surface area contributed by atoms with Gasteiger partial charge in [0.25, 0.3) is 5.91 Å². The van der Waals surface area contributed by atoms with Gasteiger partial charge in [-0.05, 0) is 42.3 Å². The predicted octanol–water partition coefficient (Wildman–Crippen LogP) is 3.08. The molecule has 2 aromatic rings. The summed E-state index contributed by atoms with van der Waals surface area (Å²) in [6.07, 6.45) is 0. The SMILES string of the molecule is COc1ccc(OC)c(C(=O)NCc2ccc(C)c(F)c2)c1. The van der Waals surface area contributed by atoms with Gasteiger partial charge in [0.15, 0.2) is 0 Å². The van der Waals surface area contributed by atoms with Crippen LogP contribution < -0.4 is 14.8 Å². The number of carbonyl (C=O) groups is 1. The number of methoxy groups -OCH3 is 2. The molecule has 0 heterocycles. The van der Waals surface area contributed by atoms with E-state index < -0.39 is 0 Å². The van der Waals surface area contributed by atoms with Gasteiger partial charge in [0, 0.05) is 6.54 Å². The number of carbonyl (C=O) groups excluding carboxylic acids is 1. The van der Waals surface area contributed by atoms with Crippen molar-refractivity contribution in [2.24, 2.45) is 0 Å². The standard InChI is InChI=1S/C17H18FNO3/c1-11-4-5-12(8-15(11)18)10-19-17(20)14-9-13(21-2)6-7-16(14)22-3/h4-9H,10H2,1-3H3,(H,19,20). The van der Waals surface area contributed by atoms with Crippen molar-refractivity contribution >= 4 is 5.91 Å². The predicted molar refractivity (Wildman–Crippen MR) is 81.9 cm³/mol. The van der Waals surface area contributed by atoms with Crippen LogP contribution in [0.5, 0.6) is 11.5 Å². The van der Waals surface area contributed by atoms with Crippen molar-refractivity contribution in [3.05, 3.63) is 58.9 Å². The number of rotatable bonds is 5. The Morgan fingerprint density at radius 1 is 1.14 bits per heavy atom. The quantitative estimate of drug-likeness (QED) is 0.923. The van der Waals surface area contributed by atoms with E-state index in [9.17, 15) is 9.18 Å². The van der Waals surface area contributed by atoms with Crippen LogP contribution in [0.4, 0.5) is 4.39 Å². The fraction of sp³-hybridized carbons (Fsp3) is 0.235. The molecule has 116 valence electrons. The normalized spacial score (nSPS) is 10.2. The van der Waals surface area contributed by atoms with Gasteiger partial charge in [0.2, 0.25) is 0 Å². The molecule has 0 aliphatic heterocycles. The third-order valence-electron chi connectivity index (χ3n) is 3.34. The number of nitrogens with one attached hydrogen (secondary N) is 1. The molecule has 0 aliphatic carbocycles. The topological polar surface area (TPSA) is 47.6 Å². The Bertz CT molecular complexity index is 686. The van der Waals surface area contributed by atoms with E-state index in [0.29, 0.717) is 28.2 Å². The molecule has 0 spiro atoms. The molecule has 0 saturated heterocycles.